The maximum Gasteiger partial charge on any atom is 0.431 e. The van der Waals surface area contributed by atoms with Gasteiger partial charge in [-0.25, -0.2) is 15.0 Å². The number of amides is 2. The van der Waals surface area contributed by atoms with Gasteiger partial charge in [0.1, 0.15) is 6.61 Å². The molecule has 0 radical (unpaired) electrons. The fourth-order valence-corrected chi connectivity index (χ4v) is 2.61. The summed E-state index contributed by atoms with van der Waals surface area (Å²) >= 11 is 0. The summed E-state index contributed by atoms with van der Waals surface area (Å²) in [6.45, 7) is 2.05. The van der Waals surface area contributed by atoms with Crippen molar-refractivity contribution < 1.29 is 28.6 Å². The number of hydrogen-bond donors (Lipinski definition) is 1. The largest absolute Gasteiger partial charge is 0.464 e. The molecule has 1 fully saturated rings. The summed E-state index contributed by atoms with van der Waals surface area (Å²) in [5.41, 5.74) is 4.40. The van der Waals surface area contributed by atoms with Gasteiger partial charge in [0.15, 0.2) is 12.2 Å². The molecule has 0 saturated carbocycles. The lowest BCUT2D eigenvalue weighted by Gasteiger charge is -2.20. The molecule has 2 atom stereocenters. The van der Waals surface area contributed by atoms with Crippen molar-refractivity contribution in [3.8, 4) is 0 Å². The summed E-state index contributed by atoms with van der Waals surface area (Å²) in [7, 11) is 0. The average molecular weight is 398 g/mol. The molecular formula is C21H22N2O6. The lowest BCUT2D eigenvalue weighted by atomic mass is 10.2. The minimum absolute atomic E-state index is 0.00327. The smallest absolute Gasteiger partial charge is 0.431 e. The van der Waals surface area contributed by atoms with Crippen molar-refractivity contribution in [2.24, 2.45) is 0 Å². The van der Waals surface area contributed by atoms with Crippen LogP contribution in [0.25, 0.3) is 0 Å². The molecule has 152 valence electrons. The second kappa shape index (κ2) is 9.81. The molecule has 29 heavy (non-hydrogen) atoms. The van der Waals surface area contributed by atoms with Gasteiger partial charge in [0.05, 0.1) is 6.61 Å². The van der Waals surface area contributed by atoms with Crippen molar-refractivity contribution in [3.63, 3.8) is 0 Å². The zero-order chi connectivity index (χ0) is 20.6. The molecule has 1 heterocycles. The summed E-state index contributed by atoms with van der Waals surface area (Å²) in [6.07, 6.45) is -2.97. The number of benzene rings is 2. The normalized spacial score (nSPS) is 17.3. The number of hydrazine groups is 1. The molecule has 2 aromatic rings. The van der Waals surface area contributed by atoms with Gasteiger partial charge in [0.2, 0.25) is 0 Å². The number of carbonyl (C=O) groups excluding carboxylic acids is 3. The van der Waals surface area contributed by atoms with Crippen LogP contribution in [-0.2, 0) is 37.0 Å². The number of nitrogens with zero attached hydrogens (tertiary/aromatic N) is 1. The Morgan fingerprint density at radius 1 is 0.931 bits per heavy atom. The average Bonchev–Trinajstić information content (AvgIpc) is 3.55. The molecule has 1 aliphatic heterocycles. The van der Waals surface area contributed by atoms with Crippen LogP contribution in [0.1, 0.15) is 18.1 Å². The van der Waals surface area contributed by atoms with Crippen LogP contribution >= 0.6 is 0 Å². The highest BCUT2D eigenvalue weighted by atomic mass is 16.6. The number of nitrogens with one attached hydrogen (secondary N) is 1. The molecule has 1 N–H and O–H groups in total. The first-order valence-electron chi connectivity index (χ1n) is 9.24. The van der Waals surface area contributed by atoms with Gasteiger partial charge in [0, 0.05) is 6.54 Å². The van der Waals surface area contributed by atoms with E-state index in [1.54, 1.807) is 19.1 Å². The molecular weight excluding hydrogens is 376 g/mol. The Balaban J connectivity index is 1.65. The molecule has 0 bridgehead atoms. The molecule has 0 aromatic heterocycles. The standard InChI is InChI=1S/C21H22N2O6/c1-2-27-20(25)18-17(29-18)19(24)23(22-13-15-9-5-3-6-10-15)21(26)28-14-16-11-7-4-8-12-16/h3-12,17-18,22H,2,13-14H2,1H3/t17-,18-/m1/s1. The molecule has 0 aliphatic carbocycles. The summed E-state index contributed by atoms with van der Waals surface area (Å²) in [6, 6.07) is 18.3. The van der Waals surface area contributed by atoms with Crippen LogP contribution in [0.4, 0.5) is 4.79 Å². The van der Waals surface area contributed by atoms with E-state index in [1.807, 2.05) is 48.5 Å². The molecule has 2 aromatic carbocycles. The second-order valence-corrected chi connectivity index (χ2v) is 6.26. The number of epoxide rings is 1. The second-order valence-electron chi connectivity index (χ2n) is 6.26. The quantitative estimate of drug-likeness (QED) is 0.413. The van der Waals surface area contributed by atoms with Crippen LogP contribution in [0.3, 0.4) is 0 Å². The number of esters is 1. The van der Waals surface area contributed by atoms with E-state index in [2.05, 4.69) is 5.43 Å². The van der Waals surface area contributed by atoms with Gasteiger partial charge in [-0.05, 0) is 18.1 Å². The van der Waals surface area contributed by atoms with Crippen LogP contribution in [0.5, 0.6) is 0 Å². The van der Waals surface area contributed by atoms with E-state index in [9.17, 15) is 14.4 Å². The first-order chi connectivity index (χ1) is 14.1. The monoisotopic (exact) mass is 398 g/mol. The SMILES string of the molecule is CCOC(=O)[C@@H]1O[C@H]1C(=O)N(NCc1ccccc1)C(=O)OCc1ccccc1. The van der Waals surface area contributed by atoms with Gasteiger partial charge in [-0.1, -0.05) is 60.7 Å². The van der Waals surface area contributed by atoms with Crippen molar-refractivity contribution in [2.45, 2.75) is 32.3 Å². The number of carbonyl (C=O) groups is 3. The fraction of sp³-hybridized carbons (Fsp3) is 0.286. The molecule has 1 saturated heterocycles. The predicted molar refractivity (Wildman–Crippen MR) is 102 cm³/mol. The Morgan fingerprint density at radius 2 is 1.55 bits per heavy atom. The number of imide groups is 1. The minimum atomic E-state index is -1.08. The van der Waals surface area contributed by atoms with Crippen molar-refractivity contribution in [1.82, 2.24) is 10.4 Å². The maximum atomic E-state index is 12.7. The van der Waals surface area contributed by atoms with E-state index in [1.165, 1.54) is 0 Å². The van der Waals surface area contributed by atoms with Gasteiger partial charge >= 0.3 is 12.1 Å². The van der Waals surface area contributed by atoms with Gasteiger partial charge in [-0.2, -0.15) is 5.01 Å². The van der Waals surface area contributed by atoms with Crippen LogP contribution in [-0.4, -0.2) is 41.8 Å². The Labute approximate surface area is 168 Å². The molecule has 8 nitrogen and oxygen atoms in total. The topological polar surface area (TPSA) is 97.5 Å². The van der Waals surface area contributed by atoms with Crippen molar-refractivity contribution in [3.05, 3.63) is 71.8 Å². The zero-order valence-electron chi connectivity index (χ0n) is 15.9. The summed E-state index contributed by atoms with van der Waals surface area (Å²) < 4.78 is 15.2. The molecule has 2 amide bonds. The summed E-state index contributed by atoms with van der Waals surface area (Å²) in [4.78, 5) is 37.0. The Kier molecular flexibility index (Phi) is 6.94. The summed E-state index contributed by atoms with van der Waals surface area (Å²) in [5, 5.41) is 0.750. The molecule has 8 heteroatoms. The Hall–Kier alpha value is -3.23. The van der Waals surface area contributed by atoms with Crippen molar-refractivity contribution in [2.75, 3.05) is 6.61 Å². The Bertz CT molecular complexity index is 843. The van der Waals surface area contributed by atoms with E-state index >= 15 is 0 Å². The lowest BCUT2D eigenvalue weighted by Crippen LogP contribution is -2.49. The van der Waals surface area contributed by atoms with Gasteiger partial charge in [-0.15, -0.1) is 0 Å². The van der Waals surface area contributed by atoms with Gasteiger partial charge in [0.25, 0.3) is 5.91 Å². The highest BCUT2D eigenvalue weighted by Crippen LogP contribution is 2.25. The molecule has 1 aliphatic rings. The van der Waals surface area contributed by atoms with E-state index in [-0.39, 0.29) is 19.8 Å². The van der Waals surface area contributed by atoms with E-state index in [0.29, 0.717) is 0 Å². The third-order valence-corrected chi connectivity index (χ3v) is 4.15. The molecule has 0 unspecified atom stereocenters. The van der Waals surface area contributed by atoms with E-state index < -0.39 is 30.2 Å². The fourth-order valence-electron chi connectivity index (χ4n) is 2.61. The van der Waals surface area contributed by atoms with Crippen molar-refractivity contribution >= 4 is 18.0 Å². The van der Waals surface area contributed by atoms with Gasteiger partial charge in [-0.3, -0.25) is 4.79 Å². The number of rotatable bonds is 8. The van der Waals surface area contributed by atoms with Crippen LogP contribution in [0, 0.1) is 0 Å². The zero-order valence-corrected chi connectivity index (χ0v) is 15.9. The first-order valence-corrected chi connectivity index (χ1v) is 9.24. The van der Waals surface area contributed by atoms with E-state index in [4.69, 9.17) is 14.2 Å². The Morgan fingerprint density at radius 3 is 2.17 bits per heavy atom. The first kappa shape index (κ1) is 20.5. The maximum absolute atomic E-state index is 12.7. The highest BCUT2D eigenvalue weighted by Gasteiger charge is 2.54. The number of hydrogen-bond acceptors (Lipinski definition) is 7. The lowest BCUT2D eigenvalue weighted by molar-refractivity contribution is -0.145. The van der Waals surface area contributed by atoms with Crippen LogP contribution in [0.15, 0.2) is 60.7 Å². The van der Waals surface area contributed by atoms with Gasteiger partial charge < -0.3 is 14.2 Å². The third kappa shape index (κ3) is 5.63. The van der Waals surface area contributed by atoms with Crippen molar-refractivity contribution in [1.29, 1.82) is 0 Å². The van der Waals surface area contributed by atoms with E-state index in [0.717, 1.165) is 16.1 Å². The third-order valence-electron chi connectivity index (χ3n) is 4.15. The van der Waals surface area contributed by atoms with Crippen LogP contribution in [0.2, 0.25) is 0 Å². The highest BCUT2D eigenvalue weighted by molar-refractivity contribution is 5.99. The van der Waals surface area contributed by atoms with Crippen LogP contribution < -0.4 is 5.43 Å². The number of ether oxygens (including phenoxy) is 3. The molecule has 0 spiro atoms. The summed E-state index contributed by atoms with van der Waals surface area (Å²) in [5.74, 6) is -1.34. The predicted octanol–water partition coefficient (Wildman–Crippen LogP) is 2.19. The molecule has 3 rings (SSSR count). The minimum Gasteiger partial charge on any atom is -0.464 e.